The van der Waals surface area contributed by atoms with Gasteiger partial charge in [0, 0.05) is 19.6 Å². The van der Waals surface area contributed by atoms with Crippen LogP contribution >= 0.6 is 0 Å². The lowest BCUT2D eigenvalue weighted by Crippen LogP contribution is -2.43. The van der Waals surface area contributed by atoms with Crippen LogP contribution in [-0.4, -0.2) is 43.7 Å². The SMILES string of the molecule is O=C(NC[C@H](c1ccc(F)cc1)N1CCOCC1)c1ccccc1F. The van der Waals surface area contributed by atoms with Gasteiger partial charge in [-0.25, -0.2) is 8.78 Å². The number of halogens is 2. The number of nitrogens with zero attached hydrogens (tertiary/aromatic N) is 1. The van der Waals surface area contributed by atoms with Gasteiger partial charge in [0.1, 0.15) is 11.6 Å². The van der Waals surface area contributed by atoms with E-state index in [1.807, 2.05) is 0 Å². The van der Waals surface area contributed by atoms with E-state index in [1.165, 1.54) is 24.3 Å². The highest BCUT2D eigenvalue weighted by molar-refractivity contribution is 5.94. The second kappa shape index (κ2) is 8.18. The Balaban J connectivity index is 1.74. The minimum absolute atomic E-state index is 0.0160. The smallest absolute Gasteiger partial charge is 0.254 e. The van der Waals surface area contributed by atoms with Crippen LogP contribution < -0.4 is 5.32 Å². The summed E-state index contributed by atoms with van der Waals surface area (Å²) in [4.78, 5) is 14.5. The Morgan fingerprint density at radius 3 is 2.44 bits per heavy atom. The number of rotatable bonds is 5. The summed E-state index contributed by atoms with van der Waals surface area (Å²) < 4.78 is 32.4. The summed E-state index contributed by atoms with van der Waals surface area (Å²) in [5.41, 5.74) is 0.916. The van der Waals surface area contributed by atoms with Crippen LogP contribution in [0.1, 0.15) is 22.0 Å². The number of carbonyl (C=O) groups is 1. The van der Waals surface area contributed by atoms with E-state index in [9.17, 15) is 13.6 Å². The fourth-order valence-corrected chi connectivity index (χ4v) is 2.96. The second-order valence-electron chi connectivity index (χ2n) is 5.91. The first kappa shape index (κ1) is 17.5. The number of carbonyl (C=O) groups excluding carboxylic acids is 1. The third-order valence-electron chi connectivity index (χ3n) is 4.32. The Morgan fingerprint density at radius 2 is 1.76 bits per heavy atom. The molecule has 132 valence electrons. The third-order valence-corrected chi connectivity index (χ3v) is 4.32. The van der Waals surface area contributed by atoms with Crippen molar-refractivity contribution in [2.24, 2.45) is 0 Å². The number of ether oxygens (including phenoxy) is 1. The number of nitrogens with one attached hydrogen (secondary N) is 1. The molecule has 2 aromatic rings. The minimum Gasteiger partial charge on any atom is -0.379 e. The van der Waals surface area contributed by atoms with Crippen molar-refractivity contribution in [2.75, 3.05) is 32.8 Å². The quantitative estimate of drug-likeness (QED) is 0.905. The average Bonchev–Trinajstić information content (AvgIpc) is 2.64. The molecule has 1 atom stereocenters. The van der Waals surface area contributed by atoms with E-state index in [0.29, 0.717) is 19.8 Å². The number of benzene rings is 2. The molecule has 1 N–H and O–H groups in total. The van der Waals surface area contributed by atoms with Crippen LogP contribution in [0.5, 0.6) is 0 Å². The summed E-state index contributed by atoms with van der Waals surface area (Å²) in [5, 5.41) is 2.80. The fraction of sp³-hybridized carbons (Fsp3) is 0.316. The van der Waals surface area contributed by atoms with Crippen LogP contribution in [0.25, 0.3) is 0 Å². The van der Waals surface area contributed by atoms with Gasteiger partial charge in [-0.05, 0) is 29.8 Å². The van der Waals surface area contributed by atoms with Gasteiger partial charge in [-0.15, -0.1) is 0 Å². The van der Waals surface area contributed by atoms with Crippen LogP contribution in [0.4, 0.5) is 8.78 Å². The Labute approximate surface area is 145 Å². The fourth-order valence-electron chi connectivity index (χ4n) is 2.96. The topological polar surface area (TPSA) is 41.6 Å². The van der Waals surface area contributed by atoms with Gasteiger partial charge in [0.15, 0.2) is 0 Å². The number of hydrogen-bond acceptors (Lipinski definition) is 3. The molecule has 1 saturated heterocycles. The zero-order valence-electron chi connectivity index (χ0n) is 13.8. The highest BCUT2D eigenvalue weighted by Crippen LogP contribution is 2.22. The van der Waals surface area contributed by atoms with Crippen molar-refractivity contribution in [3.8, 4) is 0 Å². The van der Waals surface area contributed by atoms with Crippen molar-refractivity contribution < 1.29 is 18.3 Å². The van der Waals surface area contributed by atoms with Crippen LogP contribution in [0, 0.1) is 11.6 Å². The lowest BCUT2D eigenvalue weighted by Gasteiger charge is -2.35. The Hall–Kier alpha value is -2.31. The zero-order valence-corrected chi connectivity index (χ0v) is 13.8. The predicted molar refractivity (Wildman–Crippen MR) is 90.3 cm³/mol. The standard InChI is InChI=1S/C19H20F2N2O2/c20-15-7-5-14(6-8-15)18(23-9-11-25-12-10-23)13-22-19(24)16-3-1-2-4-17(16)21/h1-8,18H,9-13H2,(H,22,24)/t18-/m1/s1. The van der Waals surface area contributed by atoms with Crippen molar-refractivity contribution in [3.05, 3.63) is 71.3 Å². The summed E-state index contributed by atoms with van der Waals surface area (Å²) in [5.74, 6) is -1.32. The van der Waals surface area contributed by atoms with E-state index >= 15 is 0 Å². The molecule has 4 nitrogen and oxygen atoms in total. The molecule has 0 radical (unpaired) electrons. The van der Waals surface area contributed by atoms with Gasteiger partial charge in [-0.3, -0.25) is 9.69 Å². The van der Waals surface area contributed by atoms with Gasteiger partial charge in [-0.1, -0.05) is 24.3 Å². The van der Waals surface area contributed by atoms with E-state index in [1.54, 1.807) is 24.3 Å². The third kappa shape index (κ3) is 4.41. The van der Waals surface area contributed by atoms with Crippen LogP contribution in [0.3, 0.4) is 0 Å². The molecule has 0 unspecified atom stereocenters. The normalized spacial score (nSPS) is 16.4. The molecule has 2 aromatic carbocycles. The van der Waals surface area contributed by atoms with Crippen LogP contribution in [0.2, 0.25) is 0 Å². The molecule has 0 aliphatic carbocycles. The van der Waals surface area contributed by atoms with Gasteiger partial charge in [0.25, 0.3) is 5.91 Å². The van der Waals surface area contributed by atoms with E-state index in [-0.39, 0.29) is 17.4 Å². The summed E-state index contributed by atoms with van der Waals surface area (Å²) >= 11 is 0. The molecular formula is C19H20F2N2O2. The summed E-state index contributed by atoms with van der Waals surface area (Å²) in [6, 6.07) is 12.0. The molecule has 3 rings (SSSR count). The summed E-state index contributed by atoms with van der Waals surface area (Å²) in [6.07, 6.45) is 0. The largest absolute Gasteiger partial charge is 0.379 e. The van der Waals surface area contributed by atoms with Crippen LogP contribution in [-0.2, 0) is 4.74 Å². The molecule has 1 aliphatic rings. The molecule has 25 heavy (non-hydrogen) atoms. The maximum absolute atomic E-state index is 13.8. The molecule has 1 fully saturated rings. The molecule has 0 spiro atoms. The molecular weight excluding hydrogens is 326 g/mol. The zero-order chi connectivity index (χ0) is 17.6. The monoisotopic (exact) mass is 346 g/mol. The van der Waals surface area contributed by atoms with E-state index in [4.69, 9.17) is 4.74 Å². The molecule has 1 heterocycles. The number of amides is 1. The minimum atomic E-state index is -0.551. The Morgan fingerprint density at radius 1 is 1.08 bits per heavy atom. The molecule has 6 heteroatoms. The van der Waals surface area contributed by atoms with Crippen molar-refractivity contribution >= 4 is 5.91 Å². The highest BCUT2D eigenvalue weighted by atomic mass is 19.1. The van der Waals surface area contributed by atoms with Crippen molar-refractivity contribution in [2.45, 2.75) is 6.04 Å². The van der Waals surface area contributed by atoms with Crippen molar-refractivity contribution in [1.29, 1.82) is 0 Å². The van der Waals surface area contributed by atoms with Gasteiger partial charge < -0.3 is 10.1 Å². The van der Waals surface area contributed by atoms with Gasteiger partial charge in [0.05, 0.1) is 24.8 Å². The molecule has 0 aromatic heterocycles. The summed E-state index contributed by atoms with van der Waals surface area (Å²) in [6.45, 7) is 2.96. The van der Waals surface area contributed by atoms with E-state index < -0.39 is 11.7 Å². The molecule has 1 amide bonds. The second-order valence-corrected chi connectivity index (χ2v) is 5.91. The first-order valence-corrected chi connectivity index (χ1v) is 8.25. The highest BCUT2D eigenvalue weighted by Gasteiger charge is 2.24. The van der Waals surface area contributed by atoms with Crippen LogP contribution in [0.15, 0.2) is 48.5 Å². The first-order chi connectivity index (χ1) is 12.1. The number of morpholine rings is 1. The van der Waals surface area contributed by atoms with Gasteiger partial charge in [-0.2, -0.15) is 0 Å². The van der Waals surface area contributed by atoms with Crippen molar-refractivity contribution in [1.82, 2.24) is 10.2 Å². The maximum Gasteiger partial charge on any atom is 0.254 e. The summed E-state index contributed by atoms with van der Waals surface area (Å²) in [7, 11) is 0. The predicted octanol–water partition coefficient (Wildman–Crippen LogP) is 2.77. The van der Waals surface area contributed by atoms with Gasteiger partial charge >= 0.3 is 0 Å². The van der Waals surface area contributed by atoms with E-state index in [0.717, 1.165) is 18.7 Å². The average molecular weight is 346 g/mol. The first-order valence-electron chi connectivity index (χ1n) is 8.25. The number of hydrogen-bond donors (Lipinski definition) is 1. The molecule has 1 aliphatic heterocycles. The Kier molecular flexibility index (Phi) is 5.73. The lowest BCUT2D eigenvalue weighted by atomic mass is 10.0. The molecule has 0 bridgehead atoms. The lowest BCUT2D eigenvalue weighted by molar-refractivity contribution is 0.0162. The van der Waals surface area contributed by atoms with E-state index in [2.05, 4.69) is 10.2 Å². The van der Waals surface area contributed by atoms with Gasteiger partial charge in [0.2, 0.25) is 0 Å². The van der Waals surface area contributed by atoms with Crippen molar-refractivity contribution in [3.63, 3.8) is 0 Å². The molecule has 0 saturated carbocycles. The Bertz CT molecular complexity index is 716. The maximum atomic E-state index is 13.8.